The first-order chi connectivity index (χ1) is 16.4. The number of ketones is 1. The predicted molar refractivity (Wildman–Crippen MR) is 127 cm³/mol. The van der Waals surface area contributed by atoms with Crippen LogP contribution >= 0.6 is 0 Å². The lowest BCUT2D eigenvalue weighted by Crippen LogP contribution is -2.50. The molecule has 2 aliphatic rings. The average molecular weight is 458 g/mol. The number of fused-ring (bicyclic) bond motifs is 1. The van der Waals surface area contributed by atoms with Crippen LogP contribution in [-0.2, 0) is 20.0 Å². The largest absolute Gasteiger partial charge is 0.366 e. The Labute approximate surface area is 198 Å². The van der Waals surface area contributed by atoms with Crippen LogP contribution in [0.4, 0.5) is 5.69 Å². The molecule has 0 aliphatic carbocycles. The van der Waals surface area contributed by atoms with Crippen LogP contribution in [0.3, 0.4) is 0 Å². The van der Waals surface area contributed by atoms with E-state index < -0.39 is 35.2 Å². The first-order valence-electron chi connectivity index (χ1n) is 11.5. The van der Waals surface area contributed by atoms with Gasteiger partial charge in [0.05, 0.1) is 5.92 Å². The topological polar surface area (TPSA) is 76.1 Å². The van der Waals surface area contributed by atoms with Crippen LogP contribution in [0.2, 0.25) is 0 Å². The normalized spacial score (nSPS) is 28.2. The third-order valence-electron chi connectivity index (χ3n) is 6.80. The maximum atomic E-state index is 14.3. The van der Waals surface area contributed by atoms with E-state index in [9.17, 15) is 14.7 Å². The Morgan fingerprint density at radius 1 is 1.03 bits per heavy atom. The number of ether oxygens (including phenoxy) is 2. The molecule has 6 nitrogen and oxygen atoms in total. The molecule has 174 valence electrons. The molecule has 2 saturated heterocycles. The number of carbonyl (C=O) groups is 2. The summed E-state index contributed by atoms with van der Waals surface area (Å²) in [4.78, 5) is 29.7. The van der Waals surface area contributed by atoms with Gasteiger partial charge in [0.2, 0.25) is 11.4 Å². The molecular weight excluding hydrogens is 430 g/mol. The maximum absolute atomic E-state index is 14.3. The van der Waals surface area contributed by atoms with E-state index in [-0.39, 0.29) is 6.42 Å². The summed E-state index contributed by atoms with van der Waals surface area (Å²) >= 11 is 0. The fourth-order valence-electron chi connectivity index (χ4n) is 5.24. The average Bonchev–Trinajstić information content (AvgIpc) is 3.34. The van der Waals surface area contributed by atoms with Gasteiger partial charge in [-0.1, -0.05) is 78.4 Å². The lowest BCUT2D eigenvalue weighted by Gasteiger charge is -2.37. The zero-order chi connectivity index (χ0) is 23.9. The number of benzene rings is 3. The molecule has 0 spiro atoms. The number of rotatable bonds is 6. The van der Waals surface area contributed by atoms with Gasteiger partial charge in [0.15, 0.2) is 12.0 Å². The first-order valence-corrected chi connectivity index (χ1v) is 11.5. The number of hydrogen-bond acceptors (Lipinski definition) is 5. The van der Waals surface area contributed by atoms with Gasteiger partial charge in [0.1, 0.15) is 0 Å². The summed E-state index contributed by atoms with van der Waals surface area (Å²) in [6, 6.07) is 24.9. The number of aryl methyl sites for hydroxylation is 1. The molecule has 2 fully saturated rings. The standard InChI is InChI=1S/C28H27NO5/c1-3-33-24-18-23-27(34-24,25(30)20-10-6-4-7-11-20)26(31)29(22-16-14-19(2)15-17-22)28(23,32)21-12-8-5-9-13-21/h4-17,23-24,32H,3,18H2,1-2H3/t23-,24-,27-,28+/m1/s1. The number of carbonyl (C=O) groups excluding carboxylic acids is 2. The van der Waals surface area contributed by atoms with Crippen molar-refractivity contribution in [2.75, 3.05) is 11.5 Å². The van der Waals surface area contributed by atoms with E-state index >= 15 is 0 Å². The van der Waals surface area contributed by atoms with Crippen LogP contribution in [-0.4, -0.2) is 35.3 Å². The highest BCUT2D eigenvalue weighted by Gasteiger charge is 2.75. The summed E-state index contributed by atoms with van der Waals surface area (Å²) in [6.07, 6.45) is -0.603. The highest BCUT2D eigenvalue weighted by molar-refractivity contribution is 6.24. The summed E-state index contributed by atoms with van der Waals surface area (Å²) in [7, 11) is 0. The van der Waals surface area contributed by atoms with Crippen molar-refractivity contribution in [1.82, 2.24) is 0 Å². The van der Waals surface area contributed by atoms with Crippen molar-refractivity contribution in [3.63, 3.8) is 0 Å². The molecule has 0 unspecified atom stereocenters. The van der Waals surface area contributed by atoms with Crippen LogP contribution < -0.4 is 4.90 Å². The molecule has 3 aromatic rings. The second-order valence-corrected chi connectivity index (χ2v) is 8.79. The number of aliphatic hydroxyl groups is 1. The van der Waals surface area contributed by atoms with Gasteiger partial charge < -0.3 is 14.6 Å². The molecule has 5 rings (SSSR count). The molecule has 6 heteroatoms. The fourth-order valence-corrected chi connectivity index (χ4v) is 5.24. The van der Waals surface area contributed by atoms with E-state index in [4.69, 9.17) is 9.47 Å². The minimum Gasteiger partial charge on any atom is -0.366 e. The molecule has 1 N–H and O–H groups in total. The number of nitrogens with zero attached hydrogens (tertiary/aromatic N) is 1. The number of Topliss-reactive ketones (excluding diaryl/α,β-unsaturated/α-hetero) is 1. The first kappa shape index (κ1) is 22.5. The van der Waals surface area contributed by atoms with Crippen molar-refractivity contribution in [2.45, 2.75) is 37.9 Å². The molecule has 0 radical (unpaired) electrons. The molecule has 0 aromatic heterocycles. The van der Waals surface area contributed by atoms with Gasteiger partial charge >= 0.3 is 0 Å². The third kappa shape index (κ3) is 3.21. The van der Waals surface area contributed by atoms with E-state index in [2.05, 4.69) is 0 Å². The summed E-state index contributed by atoms with van der Waals surface area (Å²) in [5.41, 5.74) is -1.37. The molecule has 2 aliphatic heterocycles. The lowest BCUT2D eigenvalue weighted by atomic mass is 9.76. The van der Waals surface area contributed by atoms with Crippen LogP contribution in [0.5, 0.6) is 0 Å². The molecule has 0 saturated carbocycles. The van der Waals surface area contributed by atoms with Gasteiger partial charge in [-0.05, 0) is 26.0 Å². The molecule has 2 heterocycles. The quantitative estimate of drug-likeness (QED) is 0.443. The molecular formula is C28H27NO5. The van der Waals surface area contributed by atoms with E-state index in [1.807, 2.05) is 32.0 Å². The van der Waals surface area contributed by atoms with E-state index in [0.29, 0.717) is 23.4 Å². The predicted octanol–water partition coefficient (Wildman–Crippen LogP) is 4.21. The van der Waals surface area contributed by atoms with Crippen molar-refractivity contribution < 1.29 is 24.2 Å². The summed E-state index contributed by atoms with van der Waals surface area (Å²) in [6.45, 7) is 4.13. The van der Waals surface area contributed by atoms with Gasteiger partial charge in [0.25, 0.3) is 5.91 Å². The van der Waals surface area contributed by atoms with E-state index in [1.54, 1.807) is 66.7 Å². The Morgan fingerprint density at radius 3 is 2.26 bits per heavy atom. The van der Waals surface area contributed by atoms with Gasteiger partial charge in [0, 0.05) is 29.8 Å². The summed E-state index contributed by atoms with van der Waals surface area (Å²) in [5, 5.41) is 12.5. The monoisotopic (exact) mass is 457 g/mol. The lowest BCUT2D eigenvalue weighted by molar-refractivity contribution is -0.165. The van der Waals surface area contributed by atoms with Crippen molar-refractivity contribution in [2.24, 2.45) is 5.92 Å². The van der Waals surface area contributed by atoms with Crippen LogP contribution in [0.25, 0.3) is 0 Å². The van der Waals surface area contributed by atoms with Crippen molar-refractivity contribution >= 4 is 17.4 Å². The second-order valence-electron chi connectivity index (χ2n) is 8.79. The Balaban J connectivity index is 1.74. The molecule has 34 heavy (non-hydrogen) atoms. The van der Waals surface area contributed by atoms with Crippen molar-refractivity contribution in [3.8, 4) is 0 Å². The number of hydrogen-bond donors (Lipinski definition) is 1. The Bertz CT molecular complexity index is 1200. The molecule has 0 bridgehead atoms. The van der Waals surface area contributed by atoms with Gasteiger partial charge in [-0.3, -0.25) is 14.5 Å². The Kier molecular flexibility index (Phi) is 5.60. The SMILES string of the molecule is CCO[C@H]1C[C@@H]2[C@](C(=O)c3ccccc3)(O1)C(=O)N(c1ccc(C)cc1)[C@]2(O)c1ccccc1. The van der Waals surface area contributed by atoms with E-state index in [1.165, 1.54) is 4.90 Å². The van der Waals surface area contributed by atoms with Crippen molar-refractivity contribution in [1.29, 1.82) is 0 Å². The van der Waals surface area contributed by atoms with Crippen LogP contribution in [0, 0.1) is 12.8 Å². The minimum absolute atomic E-state index is 0.186. The van der Waals surface area contributed by atoms with Crippen LogP contribution in [0.15, 0.2) is 84.9 Å². The van der Waals surface area contributed by atoms with Crippen molar-refractivity contribution in [3.05, 3.63) is 102 Å². The van der Waals surface area contributed by atoms with E-state index in [0.717, 1.165) is 5.56 Å². The zero-order valence-corrected chi connectivity index (χ0v) is 19.2. The Hall–Kier alpha value is -3.32. The second kappa shape index (κ2) is 8.47. The number of amides is 1. The van der Waals surface area contributed by atoms with Crippen LogP contribution in [0.1, 0.15) is 34.8 Å². The zero-order valence-electron chi connectivity index (χ0n) is 19.2. The minimum atomic E-state index is -1.92. The number of anilines is 1. The molecule has 3 aromatic carbocycles. The maximum Gasteiger partial charge on any atom is 0.270 e. The Morgan fingerprint density at radius 2 is 1.65 bits per heavy atom. The smallest absolute Gasteiger partial charge is 0.270 e. The van der Waals surface area contributed by atoms with Gasteiger partial charge in [-0.25, -0.2) is 0 Å². The fraction of sp³-hybridized carbons (Fsp3) is 0.286. The molecule has 1 amide bonds. The van der Waals surface area contributed by atoms with Gasteiger partial charge in [-0.15, -0.1) is 0 Å². The third-order valence-corrected chi connectivity index (χ3v) is 6.80. The highest BCUT2D eigenvalue weighted by Crippen LogP contribution is 2.57. The van der Waals surface area contributed by atoms with Gasteiger partial charge in [-0.2, -0.15) is 0 Å². The highest BCUT2D eigenvalue weighted by atomic mass is 16.7. The summed E-state index contributed by atoms with van der Waals surface area (Å²) < 4.78 is 11.9. The molecule has 4 atom stereocenters. The summed E-state index contributed by atoms with van der Waals surface area (Å²) in [5.74, 6) is -1.96.